The molecule has 2 nitrogen and oxygen atoms in total. The van der Waals surface area contributed by atoms with Gasteiger partial charge in [-0.2, -0.15) is 0 Å². The number of fused-ring (bicyclic) bond motifs is 5. The van der Waals surface area contributed by atoms with Crippen LogP contribution in [0.3, 0.4) is 0 Å². The highest BCUT2D eigenvalue weighted by atomic mass is 16.3. The number of nitrogens with zero attached hydrogens (tertiary/aromatic N) is 1. The van der Waals surface area contributed by atoms with E-state index in [9.17, 15) is 0 Å². The molecule has 0 saturated heterocycles. The fraction of sp³-hybridized carbons (Fsp3) is 0. The van der Waals surface area contributed by atoms with E-state index < -0.39 is 0 Å². The Morgan fingerprint density at radius 1 is 0.292 bits per heavy atom. The first-order valence-electron chi connectivity index (χ1n) is 16.4. The van der Waals surface area contributed by atoms with Gasteiger partial charge in [0.05, 0.1) is 0 Å². The number of furan rings is 1. The van der Waals surface area contributed by atoms with Crippen molar-refractivity contribution in [3.8, 4) is 33.4 Å². The Hall–Kier alpha value is -6.38. The zero-order valence-electron chi connectivity index (χ0n) is 26.3. The summed E-state index contributed by atoms with van der Waals surface area (Å²) in [7, 11) is 0. The summed E-state index contributed by atoms with van der Waals surface area (Å²) in [6.45, 7) is 0. The monoisotopic (exact) mass is 613 g/mol. The minimum Gasteiger partial charge on any atom is -0.455 e. The normalized spacial score (nSPS) is 11.3. The van der Waals surface area contributed by atoms with Crippen LogP contribution in [-0.2, 0) is 0 Å². The van der Waals surface area contributed by atoms with Gasteiger partial charge in [0.25, 0.3) is 0 Å². The number of benzene rings is 8. The summed E-state index contributed by atoms with van der Waals surface area (Å²) in [6.07, 6.45) is 0. The Bertz CT molecular complexity index is 2480. The SMILES string of the molecule is c1ccc(-c2ccc(-c3cccc4c3oc3c5ccccc5c(-c5ccc(N(c6ccccc6)c6ccccc6)cc5)cc43)cc2)cc1. The molecule has 0 aliphatic rings. The molecule has 0 radical (unpaired) electrons. The molecule has 8 aromatic carbocycles. The molecule has 0 aliphatic heterocycles. The number of hydrogen-bond donors (Lipinski definition) is 0. The number of hydrogen-bond acceptors (Lipinski definition) is 2. The predicted molar refractivity (Wildman–Crippen MR) is 202 cm³/mol. The Labute approximate surface area is 279 Å². The molecule has 1 aromatic heterocycles. The quantitative estimate of drug-likeness (QED) is 0.185. The molecule has 0 bridgehead atoms. The van der Waals surface area contributed by atoms with Crippen molar-refractivity contribution in [1.29, 1.82) is 0 Å². The van der Waals surface area contributed by atoms with Crippen molar-refractivity contribution in [3.05, 3.63) is 188 Å². The van der Waals surface area contributed by atoms with Crippen molar-refractivity contribution in [2.75, 3.05) is 4.90 Å². The zero-order chi connectivity index (χ0) is 31.9. The van der Waals surface area contributed by atoms with Crippen LogP contribution in [0.5, 0.6) is 0 Å². The molecule has 0 N–H and O–H groups in total. The van der Waals surface area contributed by atoms with Crippen LogP contribution in [0, 0.1) is 0 Å². The highest BCUT2D eigenvalue weighted by Gasteiger charge is 2.18. The summed E-state index contributed by atoms with van der Waals surface area (Å²) in [6, 6.07) is 66.7. The lowest BCUT2D eigenvalue weighted by Crippen LogP contribution is -2.09. The first-order valence-corrected chi connectivity index (χ1v) is 16.4. The van der Waals surface area contributed by atoms with Gasteiger partial charge in [-0.15, -0.1) is 0 Å². The van der Waals surface area contributed by atoms with Crippen molar-refractivity contribution < 1.29 is 4.42 Å². The van der Waals surface area contributed by atoms with E-state index in [4.69, 9.17) is 4.42 Å². The van der Waals surface area contributed by atoms with E-state index >= 15 is 0 Å². The number of anilines is 3. The second-order valence-corrected chi connectivity index (χ2v) is 12.1. The largest absolute Gasteiger partial charge is 0.455 e. The van der Waals surface area contributed by atoms with Crippen LogP contribution in [0.15, 0.2) is 192 Å². The van der Waals surface area contributed by atoms with E-state index in [1.54, 1.807) is 0 Å². The summed E-state index contributed by atoms with van der Waals surface area (Å²) in [5.41, 5.74) is 12.2. The summed E-state index contributed by atoms with van der Waals surface area (Å²) < 4.78 is 6.80. The van der Waals surface area contributed by atoms with Gasteiger partial charge in [-0.3, -0.25) is 0 Å². The maximum atomic E-state index is 6.80. The van der Waals surface area contributed by atoms with E-state index in [1.807, 2.05) is 0 Å². The van der Waals surface area contributed by atoms with Crippen LogP contribution in [-0.4, -0.2) is 0 Å². The second kappa shape index (κ2) is 11.8. The smallest absolute Gasteiger partial charge is 0.143 e. The maximum Gasteiger partial charge on any atom is 0.143 e. The maximum absolute atomic E-state index is 6.80. The summed E-state index contributed by atoms with van der Waals surface area (Å²) in [5, 5.41) is 4.54. The van der Waals surface area contributed by atoms with Gasteiger partial charge in [0, 0.05) is 38.8 Å². The van der Waals surface area contributed by atoms with Crippen LogP contribution in [0.25, 0.3) is 66.1 Å². The average Bonchev–Trinajstić information content (AvgIpc) is 3.55. The molecule has 9 aromatic rings. The third-order valence-corrected chi connectivity index (χ3v) is 9.27. The molecule has 1 heterocycles. The molecular formula is C46H31NO. The molecule has 0 unspecified atom stereocenters. The van der Waals surface area contributed by atoms with Gasteiger partial charge in [0.1, 0.15) is 11.2 Å². The third kappa shape index (κ3) is 4.83. The van der Waals surface area contributed by atoms with Crippen molar-refractivity contribution in [2.24, 2.45) is 0 Å². The van der Waals surface area contributed by atoms with Crippen molar-refractivity contribution in [3.63, 3.8) is 0 Å². The van der Waals surface area contributed by atoms with Crippen LogP contribution >= 0.6 is 0 Å². The zero-order valence-corrected chi connectivity index (χ0v) is 26.3. The van der Waals surface area contributed by atoms with Gasteiger partial charge in [0.2, 0.25) is 0 Å². The molecule has 0 fully saturated rings. The summed E-state index contributed by atoms with van der Waals surface area (Å²) in [5.74, 6) is 0. The fourth-order valence-electron chi connectivity index (χ4n) is 6.95. The van der Waals surface area contributed by atoms with E-state index in [-0.39, 0.29) is 0 Å². The molecular weight excluding hydrogens is 583 g/mol. The lowest BCUT2D eigenvalue weighted by molar-refractivity contribution is 0.674. The Morgan fingerprint density at radius 2 is 0.750 bits per heavy atom. The first-order chi connectivity index (χ1) is 23.8. The van der Waals surface area contributed by atoms with Crippen molar-refractivity contribution in [2.45, 2.75) is 0 Å². The van der Waals surface area contributed by atoms with Crippen molar-refractivity contribution in [1.82, 2.24) is 0 Å². The Morgan fingerprint density at radius 3 is 1.42 bits per heavy atom. The van der Waals surface area contributed by atoms with E-state index in [2.05, 4.69) is 193 Å². The second-order valence-electron chi connectivity index (χ2n) is 12.1. The van der Waals surface area contributed by atoms with Gasteiger partial charge in [-0.05, 0) is 75.7 Å². The van der Waals surface area contributed by atoms with E-state index in [1.165, 1.54) is 27.6 Å². The van der Waals surface area contributed by atoms with Crippen LogP contribution < -0.4 is 4.90 Å². The van der Waals surface area contributed by atoms with Gasteiger partial charge in [-0.25, -0.2) is 0 Å². The molecule has 0 spiro atoms. The lowest BCUT2D eigenvalue weighted by Gasteiger charge is -2.25. The molecule has 0 saturated carbocycles. The molecule has 0 amide bonds. The van der Waals surface area contributed by atoms with Crippen LogP contribution in [0.1, 0.15) is 0 Å². The Balaban J connectivity index is 1.16. The Kier molecular flexibility index (Phi) is 6.84. The molecule has 0 aliphatic carbocycles. The molecule has 2 heteroatoms. The van der Waals surface area contributed by atoms with Gasteiger partial charge >= 0.3 is 0 Å². The molecule has 9 rings (SSSR count). The van der Waals surface area contributed by atoms with Crippen LogP contribution in [0.4, 0.5) is 17.1 Å². The highest BCUT2D eigenvalue weighted by Crippen LogP contribution is 2.43. The standard InChI is InChI=1S/C46H31NO/c1-4-13-32(14-5-1)33-23-25-34(26-24-33)39-21-12-22-42-44-31-43(40-19-10-11-20-41(40)46(44)48-45(39)42)35-27-29-38(30-28-35)47(36-15-6-2-7-16-36)37-17-8-3-9-18-37/h1-31H. The average molecular weight is 614 g/mol. The lowest BCUT2D eigenvalue weighted by atomic mass is 9.94. The molecule has 0 atom stereocenters. The summed E-state index contributed by atoms with van der Waals surface area (Å²) >= 11 is 0. The number of para-hydroxylation sites is 3. The van der Waals surface area contributed by atoms with Crippen molar-refractivity contribution >= 4 is 49.8 Å². The molecule has 226 valence electrons. The van der Waals surface area contributed by atoms with Gasteiger partial charge in [-0.1, -0.05) is 146 Å². The van der Waals surface area contributed by atoms with E-state index in [0.717, 1.165) is 55.5 Å². The fourth-order valence-corrected chi connectivity index (χ4v) is 6.95. The third-order valence-electron chi connectivity index (χ3n) is 9.27. The topological polar surface area (TPSA) is 16.4 Å². The minimum absolute atomic E-state index is 0.916. The molecule has 48 heavy (non-hydrogen) atoms. The van der Waals surface area contributed by atoms with Gasteiger partial charge in [0.15, 0.2) is 0 Å². The van der Waals surface area contributed by atoms with E-state index in [0.29, 0.717) is 0 Å². The van der Waals surface area contributed by atoms with Gasteiger partial charge < -0.3 is 9.32 Å². The van der Waals surface area contributed by atoms with Crippen LogP contribution in [0.2, 0.25) is 0 Å². The minimum atomic E-state index is 0.916. The number of rotatable bonds is 6. The highest BCUT2D eigenvalue weighted by molar-refractivity contribution is 6.20. The summed E-state index contributed by atoms with van der Waals surface area (Å²) in [4.78, 5) is 2.29. The predicted octanol–water partition coefficient (Wildman–Crippen LogP) is 13.2. The first kappa shape index (κ1) is 27.9.